The Balaban J connectivity index is 2.32. The molecule has 1 N–H and O–H groups in total. The molecule has 21 heavy (non-hydrogen) atoms. The summed E-state index contributed by atoms with van der Waals surface area (Å²) >= 11 is 0. The highest BCUT2D eigenvalue weighted by molar-refractivity contribution is 5.98. The first kappa shape index (κ1) is 13.2. The van der Waals surface area contributed by atoms with E-state index in [0.29, 0.717) is 11.5 Å². The first-order valence-corrected chi connectivity index (χ1v) is 6.62. The Morgan fingerprint density at radius 1 is 1.19 bits per heavy atom. The summed E-state index contributed by atoms with van der Waals surface area (Å²) in [6, 6.07) is 11.1. The number of fused-ring (bicyclic) bond motifs is 1. The van der Waals surface area contributed by atoms with Crippen molar-refractivity contribution in [2.75, 3.05) is 0 Å². The number of aromatic carboxylic acids is 1. The Labute approximate surface area is 121 Å². The van der Waals surface area contributed by atoms with Crippen molar-refractivity contribution in [3.8, 4) is 5.69 Å². The van der Waals surface area contributed by atoms with Gasteiger partial charge in [-0.15, -0.1) is 5.10 Å². The molecule has 0 aliphatic rings. The van der Waals surface area contributed by atoms with Crippen molar-refractivity contribution in [3.63, 3.8) is 0 Å². The van der Waals surface area contributed by atoms with Crippen LogP contribution in [0.15, 0.2) is 36.4 Å². The lowest BCUT2D eigenvalue weighted by Crippen LogP contribution is -2.10. The van der Waals surface area contributed by atoms with E-state index in [9.17, 15) is 9.90 Å². The van der Waals surface area contributed by atoms with Gasteiger partial charge in [0.05, 0.1) is 11.3 Å². The smallest absolute Gasteiger partial charge is 0.337 e. The zero-order chi connectivity index (χ0) is 15.0. The fraction of sp³-hybridized carbons (Fsp3) is 0.200. The molecule has 0 aliphatic carbocycles. The first-order chi connectivity index (χ1) is 10.1. The maximum atomic E-state index is 11.6. The van der Waals surface area contributed by atoms with Gasteiger partial charge in [-0.25, -0.2) is 4.79 Å². The summed E-state index contributed by atoms with van der Waals surface area (Å²) in [6.07, 6.45) is 0. The van der Waals surface area contributed by atoms with E-state index in [2.05, 4.69) is 15.5 Å². The van der Waals surface area contributed by atoms with Gasteiger partial charge in [0.25, 0.3) is 0 Å². The molecule has 2 aromatic carbocycles. The number of hydrogen-bond donors (Lipinski definition) is 1. The highest BCUT2D eigenvalue weighted by atomic mass is 16.4. The number of carboxylic acid groups (broad SMARTS) is 1. The lowest BCUT2D eigenvalue weighted by atomic mass is 10.0. The highest BCUT2D eigenvalue weighted by Crippen LogP contribution is 2.25. The summed E-state index contributed by atoms with van der Waals surface area (Å²) in [5.74, 6) is -0.276. The van der Waals surface area contributed by atoms with Crippen LogP contribution in [0, 0.1) is 0 Å². The van der Waals surface area contributed by atoms with Crippen LogP contribution in [0.25, 0.3) is 16.5 Å². The van der Waals surface area contributed by atoms with Crippen molar-refractivity contribution in [2.45, 2.75) is 19.8 Å². The van der Waals surface area contributed by atoms with Gasteiger partial charge in [0, 0.05) is 5.92 Å². The molecule has 6 nitrogen and oxygen atoms in total. The highest BCUT2D eigenvalue weighted by Gasteiger charge is 2.19. The van der Waals surface area contributed by atoms with Crippen LogP contribution < -0.4 is 0 Å². The number of carbonyl (C=O) groups is 1. The van der Waals surface area contributed by atoms with Crippen LogP contribution in [0.4, 0.5) is 0 Å². The molecule has 0 atom stereocenters. The van der Waals surface area contributed by atoms with Gasteiger partial charge in [-0.3, -0.25) is 0 Å². The summed E-state index contributed by atoms with van der Waals surface area (Å²) in [4.78, 5) is 11.6. The number of carboxylic acids is 1. The summed E-state index contributed by atoms with van der Waals surface area (Å²) in [7, 11) is 0. The summed E-state index contributed by atoms with van der Waals surface area (Å²) in [6.45, 7) is 3.92. The average Bonchev–Trinajstić information content (AvgIpc) is 2.95. The number of benzene rings is 2. The Hall–Kier alpha value is -2.76. The molecule has 0 radical (unpaired) electrons. The van der Waals surface area contributed by atoms with Gasteiger partial charge in [-0.2, -0.15) is 4.68 Å². The van der Waals surface area contributed by atoms with Crippen molar-refractivity contribution in [3.05, 3.63) is 47.8 Å². The Morgan fingerprint density at radius 2 is 1.86 bits per heavy atom. The third kappa shape index (κ3) is 2.24. The molecular weight excluding hydrogens is 268 g/mol. The molecule has 3 rings (SSSR count). The monoisotopic (exact) mass is 282 g/mol. The summed E-state index contributed by atoms with van der Waals surface area (Å²) in [5, 5.41) is 22.9. The van der Waals surface area contributed by atoms with E-state index < -0.39 is 5.97 Å². The van der Waals surface area contributed by atoms with E-state index in [1.165, 1.54) is 4.68 Å². The molecule has 1 heterocycles. The van der Waals surface area contributed by atoms with E-state index in [0.717, 1.165) is 10.8 Å². The van der Waals surface area contributed by atoms with Crippen LogP contribution in [0.3, 0.4) is 0 Å². The number of aromatic nitrogens is 4. The average molecular weight is 282 g/mol. The molecule has 0 fully saturated rings. The minimum absolute atomic E-state index is 0.0908. The van der Waals surface area contributed by atoms with Crippen LogP contribution in [-0.4, -0.2) is 31.3 Å². The van der Waals surface area contributed by atoms with Crippen molar-refractivity contribution in [2.24, 2.45) is 0 Å². The molecule has 0 aliphatic heterocycles. The van der Waals surface area contributed by atoms with E-state index in [4.69, 9.17) is 0 Å². The molecular formula is C15H14N4O2. The topological polar surface area (TPSA) is 80.9 Å². The SMILES string of the molecule is CC(C)c1nnnn1-c1cc2ccccc2cc1C(=O)O. The maximum absolute atomic E-state index is 11.6. The van der Waals surface area contributed by atoms with Gasteiger partial charge < -0.3 is 5.11 Å². The molecule has 0 spiro atoms. The van der Waals surface area contributed by atoms with Crippen molar-refractivity contribution in [1.82, 2.24) is 20.2 Å². The van der Waals surface area contributed by atoms with E-state index >= 15 is 0 Å². The second-order valence-electron chi connectivity index (χ2n) is 5.13. The lowest BCUT2D eigenvalue weighted by molar-refractivity contribution is 0.0697. The van der Waals surface area contributed by atoms with Gasteiger partial charge in [0.2, 0.25) is 0 Å². The van der Waals surface area contributed by atoms with E-state index in [1.807, 2.05) is 38.1 Å². The molecule has 1 aromatic heterocycles. The molecule has 0 bridgehead atoms. The second kappa shape index (κ2) is 4.97. The molecule has 106 valence electrons. The van der Waals surface area contributed by atoms with Crippen LogP contribution >= 0.6 is 0 Å². The summed E-state index contributed by atoms with van der Waals surface area (Å²) < 4.78 is 1.50. The molecule has 0 saturated carbocycles. The Bertz CT molecular complexity index is 823. The maximum Gasteiger partial charge on any atom is 0.337 e. The summed E-state index contributed by atoms with van der Waals surface area (Å²) in [5.41, 5.74) is 0.665. The molecule has 0 amide bonds. The normalized spacial score (nSPS) is 11.2. The number of rotatable bonds is 3. The fourth-order valence-electron chi connectivity index (χ4n) is 2.30. The van der Waals surface area contributed by atoms with E-state index in [-0.39, 0.29) is 11.5 Å². The standard InChI is InChI=1S/C15H14N4O2/c1-9(2)14-16-17-18-19(14)13-8-11-6-4-3-5-10(11)7-12(13)15(20)21/h3-9H,1-2H3,(H,20,21). The third-order valence-electron chi connectivity index (χ3n) is 3.33. The Morgan fingerprint density at radius 3 is 2.48 bits per heavy atom. The Kier molecular flexibility index (Phi) is 3.13. The van der Waals surface area contributed by atoms with Crippen molar-refractivity contribution < 1.29 is 9.90 Å². The zero-order valence-electron chi connectivity index (χ0n) is 11.7. The minimum atomic E-state index is -0.999. The van der Waals surface area contributed by atoms with Crippen LogP contribution in [0.5, 0.6) is 0 Å². The number of hydrogen-bond acceptors (Lipinski definition) is 4. The number of tetrazole rings is 1. The first-order valence-electron chi connectivity index (χ1n) is 6.62. The number of nitrogens with zero attached hydrogens (tertiary/aromatic N) is 4. The fourth-order valence-corrected chi connectivity index (χ4v) is 2.30. The quantitative estimate of drug-likeness (QED) is 0.798. The lowest BCUT2D eigenvalue weighted by Gasteiger charge is -2.11. The molecule has 6 heteroatoms. The molecule has 3 aromatic rings. The van der Waals surface area contributed by atoms with Gasteiger partial charge >= 0.3 is 5.97 Å². The second-order valence-corrected chi connectivity index (χ2v) is 5.13. The molecule has 0 unspecified atom stereocenters. The van der Waals surface area contributed by atoms with Crippen molar-refractivity contribution in [1.29, 1.82) is 0 Å². The van der Waals surface area contributed by atoms with Gasteiger partial charge in [0.15, 0.2) is 5.82 Å². The van der Waals surface area contributed by atoms with Crippen LogP contribution in [0.1, 0.15) is 35.9 Å². The third-order valence-corrected chi connectivity index (χ3v) is 3.33. The largest absolute Gasteiger partial charge is 0.478 e. The van der Waals surface area contributed by atoms with Gasteiger partial charge in [-0.1, -0.05) is 38.1 Å². The van der Waals surface area contributed by atoms with Crippen LogP contribution in [-0.2, 0) is 0 Å². The van der Waals surface area contributed by atoms with E-state index in [1.54, 1.807) is 12.1 Å². The molecule has 0 saturated heterocycles. The minimum Gasteiger partial charge on any atom is -0.478 e. The zero-order valence-corrected chi connectivity index (χ0v) is 11.7. The van der Waals surface area contributed by atoms with Gasteiger partial charge in [0.1, 0.15) is 0 Å². The predicted octanol–water partition coefficient (Wildman–Crippen LogP) is 2.64. The van der Waals surface area contributed by atoms with Crippen molar-refractivity contribution >= 4 is 16.7 Å². The predicted molar refractivity (Wildman–Crippen MR) is 77.7 cm³/mol. The van der Waals surface area contributed by atoms with Crippen LogP contribution in [0.2, 0.25) is 0 Å². The van der Waals surface area contributed by atoms with Gasteiger partial charge in [-0.05, 0) is 33.3 Å².